The van der Waals surface area contributed by atoms with E-state index in [2.05, 4.69) is 130 Å². The lowest BCUT2D eigenvalue weighted by Gasteiger charge is -2.16. The van der Waals surface area contributed by atoms with Crippen molar-refractivity contribution in [2.75, 3.05) is 0 Å². The van der Waals surface area contributed by atoms with E-state index in [0.717, 1.165) is 55.4 Å². The molecule has 2 aromatic heterocycles. The molecule has 0 bridgehead atoms. The molecule has 0 saturated carbocycles. The zero-order chi connectivity index (χ0) is 32.2. The van der Waals surface area contributed by atoms with Crippen LogP contribution in [-0.4, -0.2) is 9.13 Å². The molecule has 9 rings (SSSR count). The van der Waals surface area contributed by atoms with E-state index in [1.165, 1.54) is 21.8 Å². The second-order valence-corrected chi connectivity index (χ2v) is 12.0. The zero-order valence-corrected chi connectivity index (χ0v) is 25.8. The first-order valence-electron chi connectivity index (χ1n) is 15.9. The Bertz CT molecular complexity index is 2760. The number of hydrogen-bond acceptors (Lipinski definition) is 2. The summed E-state index contributed by atoms with van der Waals surface area (Å²) in [4.78, 5) is 0. The molecular weight excluding hydrogens is 585 g/mol. The van der Waals surface area contributed by atoms with Crippen LogP contribution in [0.15, 0.2) is 158 Å². The fraction of sp³-hybridized carbons (Fsp3) is 0. The highest BCUT2D eigenvalue weighted by Crippen LogP contribution is 2.39. The first-order chi connectivity index (χ1) is 23.7. The van der Waals surface area contributed by atoms with Crippen LogP contribution in [0.5, 0.6) is 0 Å². The van der Waals surface area contributed by atoms with E-state index in [1.807, 2.05) is 48.5 Å². The molecule has 0 aliphatic carbocycles. The molecule has 0 fully saturated rings. The van der Waals surface area contributed by atoms with Gasteiger partial charge in [0.2, 0.25) is 0 Å². The van der Waals surface area contributed by atoms with E-state index in [4.69, 9.17) is 0 Å². The van der Waals surface area contributed by atoms with E-state index in [9.17, 15) is 10.5 Å². The largest absolute Gasteiger partial charge is 0.309 e. The fourth-order valence-corrected chi connectivity index (χ4v) is 7.22. The van der Waals surface area contributed by atoms with Crippen LogP contribution in [0.1, 0.15) is 11.1 Å². The maximum absolute atomic E-state index is 9.95. The molecule has 0 N–H and O–H groups in total. The van der Waals surface area contributed by atoms with E-state index in [0.29, 0.717) is 11.1 Å². The van der Waals surface area contributed by atoms with Gasteiger partial charge in [0.25, 0.3) is 0 Å². The molecule has 4 nitrogen and oxygen atoms in total. The van der Waals surface area contributed by atoms with Crippen LogP contribution in [0, 0.1) is 22.7 Å². The third-order valence-corrected chi connectivity index (χ3v) is 9.36. The maximum Gasteiger partial charge on any atom is 0.0992 e. The molecular formula is C44H26N4. The molecule has 0 radical (unpaired) electrons. The lowest BCUT2D eigenvalue weighted by atomic mass is 9.96. The number of fused-ring (bicyclic) bond motifs is 6. The van der Waals surface area contributed by atoms with Crippen molar-refractivity contribution in [3.05, 3.63) is 169 Å². The second-order valence-electron chi connectivity index (χ2n) is 12.0. The number of aromatic nitrogens is 2. The molecule has 222 valence electrons. The summed E-state index contributed by atoms with van der Waals surface area (Å²) in [6, 6.07) is 59.1. The topological polar surface area (TPSA) is 57.4 Å². The Hall–Kier alpha value is -6.88. The molecule has 0 atom stereocenters. The van der Waals surface area contributed by atoms with Crippen molar-refractivity contribution in [3.63, 3.8) is 0 Å². The Kier molecular flexibility index (Phi) is 6.22. The first-order valence-corrected chi connectivity index (χ1v) is 15.9. The van der Waals surface area contributed by atoms with Crippen molar-refractivity contribution >= 4 is 43.6 Å². The average molecular weight is 611 g/mol. The Morgan fingerprint density at radius 3 is 1.58 bits per heavy atom. The van der Waals surface area contributed by atoms with Crippen LogP contribution in [0.3, 0.4) is 0 Å². The van der Waals surface area contributed by atoms with Crippen molar-refractivity contribution < 1.29 is 0 Å². The first kappa shape index (κ1) is 27.4. The van der Waals surface area contributed by atoms with E-state index in [-0.39, 0.29) is 0 Å². The average Bonchev–Trinajstić information content (AvgIpc) is 3.67. The van der Waals surface area contributed by atoms with Crippen LogP contribution in [-0.2, 0) is 0 Å². The summed E-state index contributed by atoms with van der Waals surface area (Å²) in [5.41, 5.74) is 11.9. The smallest absolute Gasteiger partial charge is 0.0992 e. The summed E-state index contributed by atoms with van der Waals surface area (Å²) >= 11 is 0. The number of rotatable bonds is 4. The third-order valence-electron chi connectivity index (χ3n) is 9.36. The number of para-hydroxylation sites is 3. The van der Waals surface area contributed by atoms with E-state index in [1.54, 1.807) is 0 Å². The minimum Gasteiger partial charge on any atom is -0.309 e. The summed E-state index contributed by atoms with van der Waals surface area (Å²) < 4.78 is 4.56. The molecule has 2 heterocycles. The summed E-state index contributed by atoms with van der Waals surface area (Å²) in [5, 5.41) is 24.1. The van der Waals surface area contributed by atoms with Crippen LogP contribution in [0.4, 0.5) is 0 Å². The molecule has 4 heteroatoms. The van der Waals surface area contributed by atoms with Gasteiger partial charge in [-0.3, -0.25) is 0 Å². The van der Waals surface area contributed by atoms with Gasteiger partial charge in [-0.2, -0.15) is 10.5 Å². The second kappa shape index (κ2) is 10.9. The van der Waals surface area contributed by atoms with Crippen LogP contribution in [0.2, 0.25) is 0 Å². The number of benzene rings is 7. The quantitative estimate of drug-likeness (QED) is 0.199. The lowest BCUT2D eigenvalue weighted by Crippen LogP contribution is -1.98. The van der Waals surface area contributed by atoms with Crippen molar-refractivity contribution in [1.29, 1.82) is 10.5 Å². The van der Waals surface area contributed by atoms with Crippen LogP contribution < -0.4 is 0 Å². The van der Waals surface area contributed by atoms with E-state index >= 15 is 0 Å². The molecule has 7 aromatic carbocycles. The number of nitrogens with zero attached hydrogens (tertiary/aromatic N) is 4. The highest BCUT2D eigenvalue weighted by molar-refractivity contribution is 6.11. The van der Waals surface area contributed by atoms with Crippen molar-refractivity contribution in [3.8, 4) is 45.8 Å². The minimum atomic E-state index is 0.586. The molecule has 0 unspecified atom stereocenters. The van der Waals surface area contributed by atoms with Gasteiger partial charge >= 0.3 is 0 Å². The van der Waals surface area contributed by atoms with Gasteiger partial charge in [-0.1, -0.05) is 91.0 Å². The Morgan fingerprint density at radius 1 is 0.375 bits per heavy atom. The Labute approximate surface area is 277 Å². The third kappa shape index (κ3) is 4.22. The number of nitriles is 2. The SMILES string of the molecule is N#Cc1ccc(-c2cccc(-c3cccc(-n4c5ccccc5c5ccccc54)c3)c2)c(-n2c3ccccc3c3cc(C#N)ccc32)c1. The van der Waals surface area contributed by atoms with Gasteiger partial charge in [0.1, 0.15) is 0 Å². The van der Waals surface area contributed by atoms with Gasteiger partial charge < -0.3 is 9.13 Å². The standard InChI is InChI=1S/C44H26N4/c45-27-29-20-22-43-39(23-29)38-15-3-6-18-42(38)48(43)44-24-30(28-46)19-21-35(44)33-11-7-9-31(25-33)32-10-8-12-34(26-32)47-40-16-4-1-13-36(40)37-14-2-5-17-41(37)47/h1-26H. The van der Waals surface area contributed by atoms with Crippen molar-refractivity contribution in [2.24, 2.45) is 0 Å². The number of hydrogen-bond donors (Lipinski definition) is 0. The summed E-state index contributed by atoms with van der Waals surface area (Å²) in [7, 11) is 0. The molecule has 0 saturated heterocycles. The van der Waals surface area contributed by atoms with Crippen LogP contribution in [0.25, 0.3) is 77.2 Å². The minimum absolute atomic E-state index is 0.586. The fourth-order valence-electron chi connectivity index (χ4n) is 7.22. The molecule has 0 aliphatic heterocycles. The highest BCUT2D eigenvalue weighted by Gasteiger charge is 2.18. The van der Waals surface area contributed by atoms with Gasteiger partial charge in [-0.05, 0) is 83.4 Å². The van der Waals surface area contributed by atoms with Gasteiger partial charge in [0.05, 0.1) is 51.0 Å². The summed E-state index contributed by atoms with van der Waals surface area (Å²) in [6.45, 7) is 0. The maximum atomic E-state index is 9.95. The molecule has 9 aromatic rings. The molecule has 48 heavy (non-hydrogen) atoms. The van der Waals surface area contributed by atoms with Gasteiger partial charge in [-0.15, -0.1) is 0 Å². The monoisotopic (exact) mass is 610 g/mol. The lowest BCUT2D eigenvalue weighted by molar-refractivity contribution is 1.18. The van der Waals surface area contributed by atoms with Gasteiger partial charge in [0, 0.05) is 32.8 Å². The Balaban J connectivity index is 1.22. The molecule has 0 aliphatic rings. The van der Waals surface area contributed by atoms with Gasteiger partial charge in [-0.25, -0.2) is 0 Å². The van der Waals surface area contributed by atoms with Crippen LogP contribution >= 0.6 is 0 Å². The Morgan fingerprint density at radius 2 is 0.896 bits per heavy atom. The van der Waals surface area contributed by atoms with E-state index < -0.39 is 0 Å². The highest BCUT2D eigenvalue weighted by atomic mass is 15.0. The molecule has 0 amide bonds. The predicted octanol–water partition coefficient (Wildman–Crippen LogP) is 11.0. The van der Waals surface area contributed by atoms with Crippen molar-refractivity contribution in [1.82, 2.24) is 9.13 Å². The summed E-state index contributed by atoms with van der Waals surface area (Å²) in [6.07, 6.45) is 0. The normalized spacial score (nSPS) is 11.3. The predicted molar refractivity (Wildman–Crippen MR) is 195 cm³/mol. The zero-order valence-electron chi connectivity index (χ0n) is 25.8. The van der Waals surface area contributed by atoms with Crippen molar-refractivity contribution in [2.45, 2.75) is 0 Å². The summed E-state index contributed by atoms with van der Waals surface area (Å²) in [5.74, 6) is 0. The molecule has 0 spiro atoms. The van der Waals surface area contributed by atoms with Gasteiger partial charge in [0.15, 0.2) is 0 Å².